The Morgan fingerprint density at radius 2 is 2.14 bits per heavy atom. The zero-order chi connectivity index (χ0) is 15.0. The van der Waals surface area contributed by atoms with Crippen molar-refractivity contribution in [2.45, 2.75) is 6.54 Å². The molecule has 0 saturated carbocycles. The maximum absolute atomic E-state index is 10.9. The first-order valence-electron chi connectivity index (χ1n) is 6.22. The lowest BCUT2D eigenvalue weighted by atomic mass is 10.1. The summed E-state index contributed by atoms with van der Waals surface area (Å²) in [5.74, 6) is 0. The standard InChI is InChI=1S/C14H11ClN4O2/c15-11-5-2-6-18-12(8-16)13(17-14(11)18)9-3-1-4-10(7-9)19(20)21/h1-7H,8,16H2. The quantitative estimate of drug-likeness (QED) is 0.595. The molecule has 0 aliphatic carbocycles. The molecule has 0 unspecified atom stereocenters. The molecule has 7 heteroatoms. The number of hydrogen-bond acceptors (Lipinski definition) is 4. The molecule has 0 aliphatic rings. The Bertz CT molecular complexity index is 844. The highest BCUT2D eigenvalue weighted by atomic mass is 35.5. The SMILES string of the molecule is NCc1c(-c2cccc([N+](=O)[O-])c2)nc2c(Cl)cccn12. The number of hydrogen-bond donors (Lipinski definition) is 1. The fourth-order valence-electron chi connectivity index (χ4n) is 2.28. The van der Waals surface area contributed by atoms with Crippen LogP contribution in [0.15, 0.2) is 42.6 Å². The number of pyridine rings is 1. The van der Waals surface area contributed by atoms with E-state index in [-0.39, 0.29) is 12.2 Å². The molecule has 0 spiro atoms. The van der Waals surface area contributed by atoms with Gasteiger partial charge >= 0.3 is 0 Å². The Labute approximate surface area is 124 Å². The summed E-state index contributed by atoms with van der Waals surface area (Å²) in [7, 11) is 0. The second-order valence-electron chi connectivity index (χ2n) is 4.47. The highest BCUT2D eigenvalue weighted by Crippen LogP contribution is 2.29. The summed E-state index contributed by atoms with van der Waals surface area (Å²) in [5.41, 5.74) is 8.41. The molecule has 0 radical (unpaired) electrons. The zero-order valence-electron chi connectivity index (χ0n) is 10.9. The van der Waals surface area contributed by atoms with Crippen LogP contribution in [0.2, 0.25) is 5.02 Å². The summed E-state index contributed by atoms with van der Waals surface area (Å²) in [6.45, 7) is 0.250. The third-order valence-electron chi connectivity index (χ3n) is 3.23. The first-order chi connectivity index (χ1) is 10.1. The van der Waals surface area contributed by atoms with Crippen molar-refractivity contribution in [3.05, 3.63) is 63.4 Å². The average molecular weight is 303 g/mol. The van der Waals surface area contributed by atoms with Crippen molar-refractivity contribution in [2.24, 2.45) is 5.73 Å². The first-order valence-corrected chi connectivity index (χ1v) is 6.60. The maximum Gasteiger partial charge on any atom is 0.270 e. The monoisotopic (exact) mass is 302 g/mol. The number of benzene rings is 1. The van der Waals surface area contributed by atoms with Gasteiger partial charge in [-0.3, -0.25) is 10.1 Å². The number of fused-ring (bicyclic) bond motifs is 1. The van der Waals surface area contributed by atoms with Crippen LogP contribution >= 0.6 is 11.6 Å². The molecule has 2 aromatic heterocycles. The molecule has 0 bridgehead atoms. The normalized spacial score (nSPS) is 11.0. The van der Waals surface area contributed by atoms with Gasteiger partial charge in [-0.25, -0.2) is 4.98 Å². The van der Waals surface area contributed by atoms with Crippen molar-refractivity contribution >= 4 is 22.9 Å². The van der Waals surface area contributed by atoms with Crippen LogP contribution in [-0.4, -0.2) is 14.3 Å². The predicted octanol–water partition coefficient (Wildman–Crippen LogP) is 3.02. The number of rotatable bonds is 3. The van der Waals surface area contributed by atoms with Gasteiger partial charge in [-0.15, -0.1) is 0 Å². The van der Waals surface area contributed by atoms with Crippen molar-refractivity contribution in [1.29, 1.82) is 0 Å². The van der Waals surface area contributed by atoms with E-state index in [9.17, 15) is 10.1 Å². The number of nitro benzene ring substituents is 1. The number of non-ortho nitro benzene ring substituents is 1. The summed E-state index contributed by atoms with van der Waals surface area (Å²) in [6, 6.07) is 9.85. The van der Waals surface area contributed by atoms with Gasteiger partial charge in [0.2, 0.25) is 0 Å². The van der Waals surface area contributed by atoms with E-state index < -0.39 is 4.92 Å². The molecule has 21 heavy (non-hydrogen) atoms. The van der Waals surface area contributed by atoms with E-state index in [0.717, 1.165) is 5.69 Å². The molecular formula is C14H11ClN4O2. The predicted molar refractivity (Wildman–Crippen MR) is 80.2 cm³/mol. The van der Waals surface area contributed by atoms with Crippen molar-refractivity contribution in [1.82, 2.24) is 9.38 Å². The van der Waals surface area contributed by atoms with Crippen LogP contribution in [0.5, 0.6) is 0 Å². The Morgan fingerprint density at radius 3 is 2.86 bits per heavy atom. The van der Waals surface area contributed by atoms with Crippen LogP contribution in [0.4, 0.5) is 5.69 Å². The summed E-state index contributed by atoms with van der Waals surface area (Å²) in [5, 5.41) is 11.4. The van der Waals surface area contributed by atoms with Gasteiger partial charge in [0.15, 0.2) is 5.65 Å². The third-order valence-corrected chi connectivity index (χ3v) is 3.52. The summed E-state index contributed by atoms with van der Waals surface area (Å²) < 4.78 is 1.80. The molecule has 106 valence electrons. The highest BCUT2D eigenvalue weighted by Gasteiger charge is 2.16. The van der Waals surface area contributed by atoms with E-state index in [4.69, 9.17) is 17.3 Å². The second kappa shape index (κ2) is 5.16. The lowest BCUT2D eigenvalue weighted by Crippen LogP contribution is -2.02. The smallest absolute Gasteiger partial charge is 0.270 e. The van der Waals surface area contributed by atoms with E-state index in [1.54, 1.807) is 28.7 Å². The first kappa shape index (κ1) is 13.5. The van der Waals surface area contributed by atoms with Crippen molar-refractivity contribution < 1.29 is 4.92 Å². The van der Waals surface area contributed by atoms with Gasteiger partial charge in [0.1, 0.15) is 0 Å². The van der Waals surface area contributed by atoms with E-state index >= 15 is 0 Å². The zero-order valence-corrected chi connectivity index (χ0v) is 11.6. The Morgan fingerprint density at radius 1 is 1.33 bits per heavy atom. The number of imidazole rings is 1. The van der Waals surface area contributed by atoms with Gasteiger partial charge in [-0.2, -0.15) is 0 Å². The summed E-state index contributed by atoms with van der Waals surface area (Å²) in [4.78, 5) is 14.9. The number of nitro groups is 1. The van der Waals surface area contributed by atoms with Crippen LogP contribution in [0.1, 0.15) is 5.69 Å². The van der Waals surface area contributed by atoms with Crippen LogP contribution in [0.25, 0.3) is 16.9 Å². The molecule has 0 aliphatic heterocycles. The van der Waals surface area contributed by atoms with Gasteiger partial charge in [-0.1, -0.05) is 23.7 Å². The largest absolute Gasteiger partial charge is 0.325 e. The van der Waals surface area contributed by atoms with E-state index in [2.05, 4.69) is 4.98 Å². The number of nitrogens with zero attached hydrogens (tertiary/aromatic N) is 3. The summed E-state index contributed by atoms with van der Waals surface area (Å²) >= 11 is 6.14. The van der Waals surface area contributed by atoms with Gasteiger partial charge < -0.3 is 10.1 Å². The highest BCUT2D eigenvalue weighted by molar-refractivity contribution is 6.33. The lowest BCUT2D eigenvalue weighted by molar-refractivity contribution is -0.384. The molecule has 1 aromatic carbocycles. The fourth-order valence-corrected chi connectivity index (χ4v) is 2.48. The van der Waals surface area contributed by atoms with Crippen molar-refractivity contribution in [3.63, 3.8) is 0 Å². The topological polar surface area (TPSA) is 86.5 Å². The van der Waals surface area contributed by atoms with Gasteiger partial charge in [0.05, 0.1) is 21.3 Å². The number of halogens is 1. The van der Waals surface area contributed by atoms with Crippen molar-refractivity contribution in [2.75, 3.05) is 0 Å². The maximum atomic E-state index is 10.9. The van der Waals surface area contributed by atoms with E-state index in [1.165, 1.54) is 12.1 Å². The molecule has 0 amide bonds. The Kier molecular flexibility index (Phi) is 3.32. The van der Waals surface area contributed by atoms with Crippen LogP contribution in [0.3, 0.4) is 0 Å². The number of nitrogens with two attached hydrogens (primary N) is 1. The number of aromatic nitrogens is 2. The molecule has 3 rings (SSSR count). The Balaban J connectivity index is 2.27. The molecule has 0 saturated heterocycles. The van der Waals surface area contributed by atoms with Crippen LogP contribution < -0.4 is 5.73 Å². The average Bonchev–Trinajstić information content (AvgIpc) is 2.87. The molecule has 2 N–H and O–H groups in total. The van der Waals surface area contributed by atoms with Gasteiger partial charge in [-0.05, 0) is 12.1 Å². The molecular weight excluding hydrogens is 292 g/mol. The van der Waals surface area contributed by atoms with E-state index in [0.29, 0.717) is 21.9 Å². The van der Waals surface area contributed by atoms with Gasteiger partial charge in [0, 0.05) is 30.4 Å². The Hall–Kier alpha value is -2.44. The molecule has 3 aromatic rings. The van der Waals surface area contributed by atoms with Crippen molar-refractivity contribution in [3.8, 4) is 11.3 Å². The minimum Gasteiger partial charge on any atom is -0.325 e. The molecule has 2 heterocycles. The lowest BCUT2D eigenvalue weighted by Gasteiger charge is -2.02. The fraction of sp³-hybridized carbons (Fsp3) is 0.0714. The van der Waals surface area contributed by atoms with E-state index in [1.807, 2.05) is 6.20 Å². The van der Waals surface area contributed by atoms with Crippen LogP contribution in [0, 0.1) is 10.1 Å². The minimum atomic E-state index is -0.436. The molecule has 0 atom stereocenters. The van der Waals surface area contributed by atoms with Gasteiger partial charge in [0.25, 0.3) is 5.69 Å². The van der Waals surface area contributed by atoms with Crippen LogP contribution in [-0.2, 0) is 6.54 Å². The molecule has 0 fully saturated rings. The molecule has 6 nitrogen and oxygen atoms in total. The second-order valence-corrected chi connectivity index (χ2v) is 4.88. The minimum absolute atomic E-state index is 0.0126. The third kappa shape index (κ3) is 2.24. The summed E-state index contributed by atoms with van der Waals surface area (Å²) in [6.07, 6.45) is 1.82.